The molecule has 0 spiro atoms. The molecule has 3 aromatic rings. The van der Waals surface area contributed by atoms with E-state index in [1.807, 2.05) is 17.8 Å². The lowest BCUT2D eigenvalue weighted by Gasteiger charge is -2.23. The Kier molecular flexibility index (Phi) is 3.64. The molecule has 0 aliphatic carbocycles. The molecule has 1 N–H and O–H groups in total. The Balaban J connectivity index is 1.58. The highest BCUT2D eigenvalue weighted by atomic mass is 16.1. The molecule has 1 aliphatic rings. The van der Waals surface area contributed by atoms with Crippen molar-refractivity contribution in [3.05, 3.63) is 41.1 Å². The third-order valence-corrected chi connectivity index (χ3v) is 4.42. The first-order chi connectivity index (χ1) is 11.7. The summed E-state index contributed by atoms with van der Waals surface area (Å²) in [6.45, 7) is 3.51. The molecule has 1 saturated heterocycles. The highest BCUT2D eigenvalue weighted by Gasteiger charge is 2.19. The van der Waals surface area contributed by atoms with Crippen LogP contribution in [0.3, 0.4) is 0 Å². The maximum absolute atomic E-state index is 11.2. The van der Waals surface area contributed by atoms with Gasteiger partial charge in [-0.1, -0.05) is 0 Å². The van der Waals surface area contributed by atoms with E-state index in [-0.39, 0.29) is 5.56 Å². The van der Waals surface area contributed by atoms with E-state index in [1.165, 1.54) is 6.07 Å². The zero-order chi connectivity index (χ0) is 16.5. The summed E-state index contributed by atoms with van der Waals surface area (Å²) < 4.78 is 2.01. The van der Waals surface area contributed by atoms with Gasteiger partial charge in [0.25, 0.3) is 5.56 Å². The predicted molar refractivity (Wildman–Crippen MR) is 92.4 cm³/mol. The van der Waals surface area contributed by atoms with Crippen LogP contribution in [0.1, 0.15) is 6.42 Å². The van der Waals surface area contributed by atoms with Gasteiger partial charge in [0.2, 0.25) is 0 Å². The summed E-state index contributed by atoms with van der Waals surface area (Å²) in [5.74, 6) is 1.79. The lowest BCUT2D eigenvalue weighted by Crippen LogP contribution is -2.32. The van der Waals surface area contributed by atoms with E-state index in [0.29, 0.717) is 0 Å². The summed E-state index contributed by atoms with van der Waals surface area (Å²) in [5, 5.41) is 7.72. The molecule has 0 atom stereocenters. The average molecular weight is 325 g/mol. The average Bonchev–Trinajstić information content (AvgIpc) is 2.83. The number of aryl methyl sites for hydroxylation is 1. The third-order valence-electron chi connectivity index (χ3n) is 4.42. The molecule has 1 aliphatic heterocycles. The normalized spacial score (nSPS) is 15.7. The Morgan fingerprint density at radius 3 is 2.71 bits per heavy atom. The fourth-order valence-corrected chi connectivity index (χ4v) is 3.19. The second-order valence-corrected chi connectivity index (χ2v) is 5.97. The Bertz CT molecular complexity index is 896. The molecule has 4 rings (SSSR count). The van der Waals surface area contributed by atoms with Crippen LogP contribution in [0.25, 0.3) is 11.0 Å². The van der Waals surface area contributed by atoms with Crippen molar-refractivity contribution in [2.24, 2.45) is 7.05 Å². The van der Waals surface area contributed by atoms with E-state index < -0.39 is 0 Å². The van der Waals surface area contributed by atoms with Gasteiger partial charge in [-0.3, -0.25) is 4.79 Å². The Labute approximate surface area is 138 Å². The number of anilines is 2. The van der Waals surface area contributed by atoms with Crippen molar-refractivity contribution >= 4 is 22.7 Å². The second-order valence-electron chi connectivity index (χ2n) is 5.97. The van der Waals surface area contributed by atoms with Gasteiger partial charge in [0.15, 0.2) is 0 Å². The van der Waals surface area contributed by atoms with Gasteiger partial charge in [0, 0.05) is 45.5 Å². The highest BCUT2D eigenvalue weighted by Crippen LogP contribution is 2.24. The van der Waals surface area contributed by atoms with Crippen LogP contribution in [0.15, 0.2) is 35.5 Å². The standard InChI is InChI=1S/C16H19N7O/c1-21-8-5-12-15(21)17-11-18-16(12)23-7-2-6-22(9-10-23)13-3-4-14(24)20-19-13/h3-5,8,11H,2,6-7,9-10H2,1H3,(H,20,24). The van der Waals surface area contributed by atoms with E-state index >= 15 is 0 Å². The van der Waals surface area contributed by atoms with Crippen molar-refractivity contribution in [3.63, 3.8) is 0 Å². The molecular weight excluding hydrogens is 306 g/mol. The molecule has 24 heavy (non-hydrogen) atoms. The van der Waals surface area contributed by atoms with Crippen LogP contribution >= 0.6 is 0 Å². The van der Waals surface area contributed by atoms with Crippen LogP contribution < -0.4 is 15.4 Å². The Hall–Kier alpha value is -2.90. The van der Waals surface area contributed by atoms with Crippen molar-refractivity contribution < 1.29 is 0 Å². The molecule has 124 valence electrons. The number of aromatic nitrogens is 5. The Morgan fingerprint density at radius 2 is 1.88 bits per heavy atom. The zero-order valence-electron chi connectivity index (χ0n) is 13.5. The van der Waals surface area contributed by atoms with Gasteiger partial charge in [-0.25, -0.2) is 15.1 Å². The molecule has 0 amide bonds. The van der Waals surface area contributed by atoms with Crippen molar-refractivity contribution in [3.8, 4) is 0 Å². The maximum Gasteiger partial charge on any atom is 0.264 e. The topological polar surface area (TPSA) is 82.9 Å². The summed E-state index contributed by atoms with van der Waals surface area (Å²) >= 11 is 0. The van der Waals surface area contributed by atoms with Crippen LogP contribution in [0.4, 0.5) is 11.6 Å². The maximum atomic E-state index is 11.2. The molecule has 4 heterocycles. The molecular formula is C16H19N7O. The molecule has 0 radical (unpaired) electrons. The first-order valence-electron chi connectivity index (χ1n) is 8.04. The summed E-state index contributed by atoms with van der Waals surface area (Å²) in [4.78, 5) is 24.5. The van der Waals surface area contributed by atoms with Gasteiger partial charge in [0.05, 0.1) is 5.39 Å². The van der Waals surface area contributed by atoms with E-state index in [1.54, 1.807) is 12.4 Å². The van der Waals surface area contributed by atoms with Crippen LogP contribution in [0.5, 0.6) is 0 Å². The van der Waals surface area contributed by atoms with Gasteiger partial charge in [-0.2, -0.15) is 5.10 Å². The fourth-order valence-electron chi connectivity index (χ4n) is 3.19. The molecule has 0 saturated carbocycles. The monoisotopic (exact) mass is 325 g/mol. The predicted octanol–water partition coefficient (Wildman–Crippen LogP) is 0.768. The smallest absolute Gasteiger partial charge is 0.264 e. The van der Waals surface area contributed by atoms with Crippen LogP contribution in [0, 0.1) is 0 Å². The van der Waals surface area contributed by atoms with Crippen LogP contribution in [0.2, 0.25) is 0 Å². The third kappa shape index (κ3) is 2.60. The number of H-pyrrole nitrogens is 1. The lowest BCUT2D eigenvalue weighted by molar-refractivity contribution is 0.782. The quantitative estimate of drug-likeness (QED) is 0.749. The summed E-state index contributed by atoms with van der Waals surface area (Å²) in [5.41, 5.74) is 0.769. The number of nitrogens with one attached hydrogen (secondary N) is 1. The number of nitrogens with zero attached hydrogens (tertiary/aromatic N) is 6. The fraction of sp³-hybridized carbons (Fsp3) is 0.375. The molecule has 8 heteroatoms. The largest absolute Gasteiger partial charge is 0.354 e. The van der Waals surface area contributed by atoms with Crippen LogP contribution in [-0.4, -0.2) is 50.9 Å². The molecule has 8 nitrogen and oxygen atoms in total. The van der Waals surface area contributed by atoms with Gasteiger partial charge in [0.1, 0.15) is 23.6 Å². The van der Waals surface area contributed by atoms with Crippen molar-refractivity contribution in [1.82, 2.24) is 24.7 Å². The van der Waals surface area contributed by atoms with Gasteiger partial charge in [-0.05, 0) is 18.6 Å². The van der Waals surface area contributed by atoms with E-state index in [9.17, 15) is 4.79 Å². The van der Waals surface area contributed by atoms with Gasteiger partial charge in [-0.15, -0.1) is 0 Å². The van der Waals surface area contributed by atoms with Gasteiger partial charge < -0.3 is 14.4 Å². The van der Waals surface area contributed by atoms with E-state index in [0.717, 1.165) is 55.3 Å². The molecule has 1 fully saturated rings. The van der Waals surface area contributed by atoms with Crippen molar-refractivity contribution in [2.75, 3.05) is 36.0 Å². The highest BCUT2D eigenvalue weighted by molar-refractivity contribution is 5.87. The summed E-state index contributed by atoms with van der Waals surface area (Å²) in [6.07, 6.45) is 4.64. The van der Waals surface area contributed by atoms with Gasteiger partial charge >= 0.3 is 0 Å². The number of rotatable bonds is 2. The summed E-state index contributed by atoms with van der Waals surface area (Å²) in [6, 6.07) is 5.36. The summed E-state index contributed by atoms with van der Waals surface area (Å²) in [7, 11) is 1.99. The number of hydrogen-bond acceptors (Lipinski definition) is 6. The molecule has 3 aromatic heterocycles. The molecule has 0 unspecified atom stereocenters. The minimum atomic E-state index is -0.178. The minimum Gasteiger partial charge on any atom is -0.354 e. The second kappa shape index (κ2) is 5.95. The van der Waals surface area contributed by atoms with Crippen molar-refractivity contribution in [1.29, 1.82) is 0 Å². The lowest BCUT2D eigenvalue weighted by atomic mass is 10.3. The van der Waals surface area contributed by atoms with Crippen LogP contribution in [-0.2, 0) is 7.05 Å². The van der Waals surface area contributed by atoms with E-state index in [4.69, 9.17) is 0 Å². The number of aromatic amines is 1. The van der Waals surface area contributed by atoms with E-state index in [2.05, 4.69) is 36.0 Å². The van der Waals surface area contributed by atoms with Crippen molar-refractivity contribution in [2.45, 2.75) is 6.42 Å². The zero-order valence-corrected chi connectivity index (χ0v) is 13.5. The number of fused-ring (bicyclic) bond motifs is 1. The first kappa shape index (κ1) is 14.7. The number of hydrogen-bond donors (Lipinski definition) is 1. The SMILES string of the molecule is Cn1ccc2c(N3CCCN(c4ccc(=O)[nH]n4)CC3)ncnc21. The first-order valence-corrected chi connectivity index (χ1v) is 8.04. The molecule has 0 bridgehead atoms. The molecule has 0 aromatic carbocycles. The minimum absolute atomic E-state index is 0.178. The Morgan fingerprint density at radius 1 is 1.04 bits per heavy atom.